The first-order valence-corrected chi connectivity index (χ1v) is 6.00. The summed E-state index contributed by atoms with van der Waals surface area (Å²) in [6.45, 7) is 4.12. The van der Waals surface area contributed by atoms with E-state index in [-0.39, 0.29) is 18.4 Å². The zero-order valence-electron chi connectivity index (χ0n) is 9.34. The minimum Gasteiger partial charge on any atom is -0.481 e. The molecule has 0 radical (unpaired) electrons. The maximum atomic E-state index is 12.0. The topological polar surface area (TPSA) is 57.6 Å². The molecule has 0 bridgehead atoms. The summed E-state index contributed by atoms with van der Waals surface area (Å²) < 4.78 is 0. The van der Waals surface area contributed by atoms with Gasteiger partial charge in [-0.15, -0.1) is 11.3 Å². The Balaban J connectivity index is 2.74. The smallest absolute Gasteiger partial charge is 0.305 e. The van der Waals surface area contributed by atoms with E-state index in [0.717, 1.165) is 0 Å². The Morgan fingerprint density at radius 1 is 1.56 bits per heavy atom. The van der Waals surface area contributed by atoms with Crippen molar-refractivity contribution in [1.82, 2.24) is 4.90 Å². The summed E-state index contributed by atoms with van der Waals surface area (Å²) in [5, 5.41) is 10.5. The SMILES string of the molecule is CCN(C(=O)c1cccs1)C(C)CC(=O)O. The Morgan fingerprint density at radius 3 is 2.69 bits per heavy atom. The number of nitrogens with zero attached hydrogens (tertiary/aromatic N) is 1. The van der Waals surface area contributed by atoms with Crippen molar-refractivity contribution < 1.29 is 14.7 Å². The van der Waals surface area contributed by atoms with Gasteiger partial charge in [0, 0.05) is 12.6 Å². The van der Waals surface area contributed by atoms with Crippen molar-refractivity contribution >= 4 is 23.2 Å². The minimum absolute atomic E-state index is 0.0229. The lowest BCUT2D eigenvalue weighted by molar-refractivity contribution is -0.138. The number of carboxylic acid groups (broad SMARTS) is 1. The van der Waals surface area contributed by atoms with Gasteiger partial charge in [-0.1, -0.05) is 6.07 Å². The van der Waals surface area contributed by atoms with Crippen molar-refractivity contribution in [3.8, 4) is 0 Å². The van der Waals surface area contributed by atoms with Crippen LogP contribution in [-0.2, 0) is 4.79 Å². The van der Waals surface area contributed by atoms with Gasteiger partial charge in [0.2, 0.25) is 0 Å². The third-order valence-corrected chi connectivity index (χ3v) is 3.19. The van der Waals surface area contributed by atoms with Crippen molar-refractivity contribution in [2.45, 2.75) is 26.3 Å². The zero-order valence-corrected chi connectivity index (χ0v) is 10.2. The van der Waals surface area contributed by atoms with Crippen LogP contribution in [0.15, 0.2) is 17.5 Å². The van der Waals surface area contributed by atoms with Gasteiger partial charge in [-0.3, -0.25) is 9.59 Å². The van der Waals surface area contributed by atoms with Gasteiger partial charge in [0.05, 0.1) is 11.3 Å². The molecule has 0 aliphatic heterocycles. The number of carbonyl (C=O) groups is 2. The van der Waals surface area contributed by atoms with Crippen molar-refractivity contribution in [3.05, 3.63) is 22.4 Å². The Kier molecular flexibility index (Phi) is 4.49. The summed E-state index contributed by atoms with van der Waals surface area (Å²) in [7, 11) is 0. The number of rotatable bonds is 5. The average Bonchev–Trinajstić information content (AvgIpc) is 2.69. The van der Waals surface area contributed by atoms with Crippen molar-refractivity contribution in [1.29, 1.82) is 0 Å². The van der Waals surface area contributed by atoms with Crippen LogP contribution in [0.25, 0.3) is 0 Å². The lowest BCUT2D eigenvalue weighted by Crippen LogP contribution is -2.39. The van der Waals surface area contributed by atoms with Crippen LogP contribution in [0.3, 0.4) is 0 Å². The predicted molar refractivity (Wildman–Crippen MR) is 62.7 cm³/mol. The van der Waals surface area contributed by atoms with Crippen LogP contribution in [-0.4, -0.2) is 34.5 Å². The second kappa shape index (κ2) is 5.65. The molecule has 0 aromatic carbocycles. The Hall–Kier alpha value is -1.36. The van der Waals surface area contributed by atoms with Crippen LogP contribution >= 0.6 is 11.3 Å². The summed E-state index contributed by atoms with van der Waals surface area (Å²) in [6, 6.07) is 3.29. The Morgan fingerprint density at radius 2 is 2.25 bits per heavy atom. The minimum atomic E-state index is -0.884. The first-order chi connectivity index (χ1) is 7.56. The Bertz CT molecular complexity index is 361. The van der Waals surface area contributed by atoms with Gasteiger partial charge in [-0.2, -0.15) is 0 Å². The first-order valence-electron chi connectivity index (χ1n) is 5.12. The fraction of sp³-hybridized carbons (Fsp3) is 0.455. The van der Waals surface area contributed by atoms with E-state index < -0.39 is 5.97 Å². The molecule has 0 spiro atoms. The highest BCUT2D eigenvalue weighted by atomic mass is 32.1. The highest BCUT2D eigenvalue weighted by Crippen LogP contribution is 2.15. The highest BCUT2D eigenvalue weighted by Gasteiger charge is 2.22. The molecule has 0 fully saturated rings. The second-order valence-corrected chi connectivity index (χ2v) is 4.46. The van der Waals surface area contributed by atoms with E-state index in [0.29, 0.717) is 11.4 Å². The largest absolute Gasteiger partial charge is 0.481 e. The third-order valence-electron chi connectivity index (χ3n) is 2.34. The summed E-state index contributed by atoms with van der Waals surface area (Å²) >= 11 is 1.37. The molecule has 88 valence electrons. The van der Waals surface area contributed by atoms with Crippen LogP contribution in [0, 0.1) is 0 Å². The molecule has 4 nitrogen and oxygen atoms in total. The molecule has 16 heavy (non-hydrogen) atoms. The van der Waals surface area contributed by atoms with Gasteiger partial charge < -0.3 is 10.0 Å². The number of hydrogen-bond donors (Lipinski definition) is 1. The van der Waals surface area contributed by atoms with Crippen molar-refractivity contribution in [2.24, 2.45) is 0 Å². The van der Waals surface area contributed by atoms with Crippen LogP contribution in [0.2, 0.25) is 0 Å². The zero-order chi connectivity index (χ0) is 12.1. The summed E-state index contributed by atoms with van der Waals surface area (Å²) in [5.74, 6) is -0.976. The highest BCUT2D eigenvalue weighted by molar-refractivity contribution is 7.12. The number of carbonyl (C=O) groups excluding carboxylic acids is 1. The number of hydrogen-bond acceptors (Lipinski definition) is 3. The summed E-state index contributed by atoms with van der Waals surface area (Å²) in [6.07, 6.45) is -0.0229. The van der Waals surface area contributed by atoms with Gasteiger partial charge in [0.25, 0.3) is 5.91 Å². The number of amides is 1. The fourth-order valence-corrected chi connectivity index (χ4v) is 2.24. The molecule has 1 atom stereocenters. The van der Waals surface area contributed by atoms with Crippen LogP contribution < -0.4 is 0 Å². The van der Waals surface area contributed by atoms with E-state index in [1.165, 1.54) is 11.3 Å². The average molecular weight is 241 g/mol. The quantitative estimate of drug-likeness (QED) is 0.858. The molecular formula is C11H15NO3S. The van der Waals surface area contributed by atoms with Gasteiger partial charge in [0.15, 0.2) is 0 Å². The van der Waals surface area contributed by atoms with E-state index in [1.54, 1.807) is 17.9 Å². The molecule has 0 saturated heterocycles. The lowest BCUT2D eigenvalue weighted by atomic mass is 10.2. The molecule has 1 aromatic heterocycles. The summed E-state index contributed by atoms with van der Waals surface area (Å²) in [5.41, 5.74) is 0. The number of aliphatic carboxylic acids is 1. The number of carboxylic acids is 1. The van der Waals surface area contributed by atoms with Crippen LogP contribution in [0.1, 0.15) is 29.9 Å². The van der Waals surface area contributed by atoms with Crippen molar-refractivity contribution in [3.63, 3.8) is 0 Å². The lowest BCUT2D eigenvalue weighted by Gasteiger charge is -2.26. The molecular weight excluding hydrogens is 226 g/mol. The normalized spacial score (nSPS) is 12.1. The monoisotopic (exact) mass is 241 g/mol. The molecule has 0 saturated carbocycles. The van der Waals surface area contributed by atoms with Gasteiger partial charge in [0.1, 0.15) is 0 Å². The van der Waals surface area contributed by atoms with E-state index in [9.17, 15) is 9.59 Å². The van der Waals surface area contributed by atoms with Crippen LogP contribution in [0.4, 0.5) is 0 Å². The summed E-state index contributed by atoms with van der Waals surface area (Å²) in [4.78, 5) is 24.8. The second-order valence-electron chi connectivity index (χ2n) is 3.52. The first kappa shape index (κ1) is 12.7. The van der Waals surface area contributed by atoms with Gasteiger partial charge >= 0.3 is 5.97 Å². The van der Waals surface area contributed by atoms with Gasteiger partial charge in [-0.05, 0) is 25.3 Å². The van der Waals surface area contributed by atoms with Crippen molar-refractivity contribution in [2.75, 3.05) is 6.54 Å². The molecule has 1 amide bonds. The third kappa shape index (κ3) is 3.06. The van der Waals surface area contributed by atoms with Crippen LogP contribution in [0.5, 0.6) is 0 Å². The standard InChI is InChI=1S/C11H15NO3S/c1-3-12(8(2)7-10(13)14)11(15)9-5-4-6-16-9/h4-6,8H,3,7H2,1-2H3,(H,13,14). The fourth-order valence-electron chi connectivity index (χ4n) is 1.56. The predicted octanol–water partition coefficient (Wildman–Crippen LogP) is 2.07. The van der Waals surface area contributed by atoms with E-state index in [2.05, 4.69) is 0 Å². The molecule has 1 N–H and O–H groups in total. The molecule has 1 heterocycles. The van der Waals surface area contributed by atoms with E-state index in [1.807, 2.05) is 18.4 Å². The maximum Gasteiger partial charge on any atom is 0.305 e. The van der Waals surface area contributed by atoms with E-state index in [4.69, 9.17) is 5.11 Å². The Labute approximate surface area is 98.5 Å². The maximum absolute atomic E-state index is 12.0. The van der Waals surface area contributed by atoms with Gasteiger partial charge in [-0.25, -0.2) is 0 Å². The molecule has 5 heteroatoms. The number of thiophene rings is 1. The molecule has 1 unspecified atom stereocenters. The molecule has 1 rings (SSSR count). The molecule has 0 aliphatic rings. The van der Waals surface area contributed by atoms with E-state index >= 15 is 0 Å². The molecule has 0 aliphatic carbocycles. The molecule has 1 aromatic rings.